The Bertz CT molecular complexity index is 1240. The van der Waals surface area contributed by atoms with E-state index in [2.05, 4.69) is 34.5 Å². The lowest BCUT2D eigenvalue weighted by Gasteiger charge is -2.47. The predicted molar refractivity (Wildman–Crippen MR) is 123 cm³/mol. The molecule has 0 saturated carbocycles. The normalized spacial score (nSPS) is 20.6. The van der Waals surface area contributed by atoms with Gasteiger partial charge in [-0.1, -0.05) is 18.2 Å². The molecule has 0 bridgehead atoms. The lowest BCUT2D eigenvalue weighted by atomic mass is 9.94. The summed E-state index contributed by atoms with van der Waals surface area (Å²) in [5.74, 6) is -0.306. The van der Waals surface area contributed by atoms with Gasteiger partial charge in [-0.05, 0) is 30.4 Å². The number of nitrogens with zero attached hydrogens (tertiary/aromatic N) is 5. The summed E-state index contributed by atoms with van der Waals surface area (Å²) >= 11 is 1.65. The first kappa shape index (κ1) is 21.4. The van der Waals surface area contributed by atoms with Gasteiger partial charge in [0.1, 0.15) is 12.9 Å². The highest BCUT2D eigenvalue weighted by molar-refractivity contribution is 7.19. The summed E-state index contributed by atoms with van der Waals surface area (Å²) in [6.45, 7) is 2.95. The number of amides is 3. The number of thiophene rings is 1. The number of hydrogen-bond donors (Lipinski definition) is 2. The van der Waals surface area contributed by atoms with Gasteiger partial charge in [0.25, 0.3) is 0 Å². The fourth-order valence-corrected chi connectivity index (χ4v) is 5.94. The summed E-state index contributed by atoms with van der Waals surface area (Å²) < 4.78 is 2.55. The Morgan fingerprint density at radius 1 is 1.27 bits per heavy atom. The van der Waals surface area contributed by atoms with Crippen LogP contribution >= 0.6 is 11.3 Å². The number of carbonyl (C=O) groups is 3. The molecule has 4 heterocycles. The first-order chi connectivity index (χ1) is 15.9. The van der Waals surface area contributed by atoms with Crippen molar-refractivity contribution in [3.63, 3.8) is 0 Å². The van der Waals surface area contributed by atoms with E-state index in [0.29, 0.717) is 25.9 Å². The highest BCUT2D eigenvalue weighted by Crippen LogP contribution is 2.31. The van der Waals surface area contributed by atoms with E-state index in [4.69, 9.17) is 5.73 Å². The maximum absolute atomic E-state index is 13.1. The maximum Gasteiger partial charge on any atom is 0.245 e. The zero-order valence-electron chi connectivity index (χ0n) is 18.2. The number of piperidine rings is 1. The summed E-state index contributed by atoms with van der Waals surface area (Å²) in [6.07, 6.45) is 2.34. The van der Waals surface area contributed by atoms with Crippen LogP contribution in [0.1, 0.15) is 16.9 Å². The largest absolute Gasteiger partial charge is 0.367 e. The number of fused-ring (bicyclic) bond motifs is 2. The maximum atomic E-state index is 13.1. The number of hydrogen-bond acceptors (Lipinski definition) is 7. The number of anilines is 1. The van der Waals surface area contributed by atoms with E-state index >= 15 is 0 Å². The number of rotatable bonds is 4. The molecular formula is C22H25N7O3S. The number of piperazine rings is 1. The molecule has 3 aromatic rings. The van der Waals surface area contributed by atoms with Crippen molar-refractivity contribution in [3.05, 3.63) is 41.0 Å². The summed E-state index contributed by atoms with van der Waals surface area (Å²) in [7, 11) is 0. The molecular weight excluding hydrogens is 442 g/mol. The standard InChI is InChI=1S/C22H25N7O3S/c1-13-14-4-2-3-5-17(14)33-18(13)8-20(31)27-7-6-16-15(9-27)25-19(30)10-29(16)21(32)11-28-12-24-22(23)26-28/h2-5,12,15-16H,6-11H2,1H3,(H2,23,26)(H,25,30)/t15-,16+/m0/s1. The Hall–Kier alpha value is -3.47. The van der Waals surface area contributed by atoms with E-state index in [1.54, 1.807) is 21.1 Å². The molecule has 1 aromatic carbocycles. The number of benzene rings is 1. The Kier molecular flexibility index (Phi) is 5.49. The topological polar surface area (TPSA) is 126 Å². The third-order valence-corrected chi connectivity index (χ3v) is 7.69. The van der Waals surface area contributed by atoms with E-state index in [-0.39, 0.29) is 48.8 Å². The summed E-state index contributed by atoms with van der Waals surface area (Å²) in [5, 5.41) is 8.11. The number of nitrogens with two attached hydrogens (primary N) is 1. The van der Waals surface area contributed by atoms with E-state index < -0.39 is 0 Å². The highest BCUT2D eigenvalue weighted by atomic mass is 32.1. The van der Waals surface area contributed by atoms with Crippen molar-refractivity contribution in [2.75, 3.05) is 25.4 Å². The van der Waals surface area contributed by atoms with Crippen molar-refractivity contribution in [2.45, 2.75) is 38.4 Å². The van der Waals surface area contributed by atoms with Crippen LogP contribution in [0.25, 0.3) is 10.1 Å². The van der Waals surface area contributed by atoms with Crippen LogP contribution in [0.15, 0.2) is 30.6 Å². The van der Waals surface area contributed by atoms with Crippen molar-refractivity contribution in [3.8, 4) is 0 Å². The van der Waals surface area contributed by atoms with Gasteiger partial charge in [-0.2, -0.15) is 0 Å². The fourth-order valence-electron chi connectivity index (χ4n) is 4.74. The van der Waals surface area contributed by atoms with Gasteiger partial charge < -0.3 is 20.9 Å². The zero-order valence-corrected chi connectivity index (χ0v) is 19.0. The van der Waals surface area contributed by atoms with E-state index in [1.807, 2.05) is 12.1 Å². The Balaban J connectivity index is 1.26. The second-order valence-corrected chi connectivity index (χ2v) is 9.65. The molecule has 0 spiro atoms. The second-order valence-electron chi connectivity index (χ2n) is 8.51. The molecule has 0 radical (unpaired) electrons. The average Bonchev–Trinajstić information content (AvgIpc) is 3.35. The van der Waals surface area contributed by atoms with Crippen LogP contribution in [0.5, 0.6) is 0 Å². The second kappa shape index (κ2) is 8.47. The van der Waals surface area contributed by atoms with Crippen LogP contribution in [-0.2, 0) is 27.3 Å². The molecule has 10 nitrogen and oxygen atoms in total. The van der Waals surface area contributed by atoms with E-state index in [9.17, 15) is 14.4 Å². The minimum absolute atomic E-state index is 0.000888. The lowest BCUT2D eigenvalue weighted by molar-refractivity contribution is -0.147. The first-order valence-corrected chi connectivity index (χ1v) is 11.7. The van der Waals surface area contributed by atoms with Crippen LogP contribution in [-0.4, -0.2) is 74.0 Å². The molecule has 2 saturated heterocycles. The van der Waals surface area contributed by atoms with Crippen LogP contribution < -0.4 is 11.1 Å². The molecule has 2 fully saturated rings. The molecule has 11 heteroatoms. The number of nitrogen functional groups attached to an aromatic ring is 1. The van der Waals surface area contributed by atoms with Crippen molar-refractivity contribution < 1.29 is 14.4 Å². The van der Waals surface area contributed by atoms with Crippen molar-refractivity contribution >= 4 is 45.1 Å². The number of likely N-dealkylation sites (tertiary alicyclic amines) is 1. The molecule has 2 aromatic heterocycles. The molecule has 172 valence electrons. The highest BCUT2D eigenvalue weighted by Gasteiger charge is 2.41. The van der Waals surface area contributed by atoms with Crippen LogP contribution in [0.4, 0.5) is 5.95 Å². The quantitative estimate of drug-likeness (QED) is 0.577. The Morgan fingerprint density at radius 2 is 2.09 bits per heavy atom. The lowest BCUT2D eigenvalue weighted by Crippen LogP contribution is -2.68. The number of nitrogens with one attached hydrogen (secondary N) is 1. The van der Waals surface area contributed by atoms with Crippen LogP contribution in [0.3, 0.4) is 0 Å². The first-order valence-electron chi connectivity index (χ1n) is 10.9. The van der Waals surface area contributed by atoms with Crippen LogP contribution in [0.2, 0.25) is 0 Å². The van der Waals surface area contributed by atoms with E-state index in [0.717, 1.165) is 10.4 Å². The summed E-state index contributed by atoms with van der Waals surface area (Å²) in [4.78, 5) is 46.7. The molecule has 0 aliphatic carbocycles. The van der Waals surface area contributed by atoms with Crippen molar-refractivity contribution in [1.29, 1.82) is 0 Å². The average molecular weight is 468 g/mol. The van der Waals surface area contributed by atoms with Crippen LogP contribution in [0, 0.1) is 6.92 Å². The number of carbonyl (C=O) groups excluding carboxylic acids is 3. The number of aryl methyl sites for hydroxylation is 1. The zero-order chi connectivity index (χ0) is 23.1. The van der Waals surface area contributed by atoms with Gasteiger partial charge in [0.05, 0.1) is 25.0 Å². The number of aromatic nitrogens is 3. The summed E-state index contributed by atoms with van der Waals surface area (Å²) in [6, 6.07) is 7.71. The molecule has 3 N–H and O–H groups in total. The smallest absolute Gasteiger partial charge is 0.245 e. The minimum atomic E-state index is -0.294. The van der Waals surface area contributed by atoms with E-state index in [1.165, 1.54) is 21.1 Å². The third kappa shape index (κ3) is 4.15. The van der Waals surface area contributed by atoms with Gasteiger partial charge in [-0.25, -0.2) is 9.67 Å². The molecule has 2 atom stereocenters. The fraction of sp³-hybridized carbons (Fsp3) is 0.409. The molecule has 2 aliphatic heterocycles. The molecule has 2 aliphatic rings. The Labute approximate surface area is 194 Å². The SMILES string of the molecule is Cc1c(CC(=O)N2CC[C@@H]3[C@H](C2)NC(=O)CN3C(=O)Cn2cnc(N)n2)sc2ccccc12. The monoisotopic (exact) mass is 467 g/mol. The van der Waals surface area contributed by atoms with Gasteiger partial charge in [0.2, 0.25) is 23.7 Å². The van der Waals surface area contributed by atoms with Gasteiger partial charge in [0.15, 0.2) is 0 Å². The molecule has 5 rings (SSSR count). The molecule has 3 amide bonds. The van der Waals surface area contributed by atoms with Crippen molar-refractivity contribution in [1.82, 2.24) is 29.9 Å². The van der Waals surface area contributed by atoms with Crippen molar-refractivity contribution in [2.24, 2.45) is 0 Å². The third-order valence-electron chi connectivity index (χ3n) is 6.42. The van der Waals surface area contributed by atoms with Gasteiger partial charge in [-0.15, -0.1) is 16.4 Å². The minimum Gasteiger partial charge on any atom is -0.367 e. The van der Waals surface area contributed by atoms with Gasteiger partial charge in [-0.3, -0.25) is 14.4 Å². The predicted octanol–water partition coefficient (Wildman–Crippen LogP) is 0.554. The molecule has 33 heavy (non-hydrogen) atoms. The van der Waals surface area contributed by atoms with Gasteiger partial charge >= 0.3 is 0 Å². The Morgan fingerprint density at radius 3 is 2.85 bits per heavy atom. The summed E-state index contributed by atoms with van der Waals surface area (Å²) in [5.41, 5.74) is 6.67. The van der Waals surface area contributed by atoms with Gasteiger partial charge in [0, 0.05) is 22.7 Å². The molecule has 0 unspecified atom stereocenters.